The van der Waals surface area contributed by atoms with Crippen LogP contribution < -0.4 is 4.74 Å². The first-order valence-electron chi connectivity index (χ1n) is 6.23. The van der Waals surface area contributed by atoms with Gasteiger partial charge in [0.15, 0.2) is 0 Å². The van der Waals surface area contributed by atoms with E-state index in [0.29, 0.717) is 18.8 Å². The molecule has 0 aliphatic rings. The Kier molecular flexibility index (Phi) is 7.18. The van der Waals surface area contributed by atoms with Gasteiger partial charge >= 0.3 is 11.9 Å². The van der Waals surface area contributed by atoms with Gasteiger partial charge in [-0.05, 0) is 37.1 Å². The summed E-state index contributed by atoms with van der Waals surface area (Å²) < 4.78 is 11.0. The highest BCUT2D eigenvalue weighted by atomic mass is 79.9. The van der Waals surface area contributed by atoms with Crippen molar-refractivity contribution < 1.29 is 19.1 Å². The van der Waals surface area contributed by atoms with Gasteiger partial charge in [-0.1, -0.05) is 22.9 Å². The Labute approximate surface area is 121 Å². The third-order valence-electron chi connectivity index (χ3n) is 2.27. The summed E-state index contributed by atoms with van der Waals surface area (Å²) in [5.41, 5.74) is 0. The van der Waals surface area contributed by atoms with Gasteiger partial charge in [-0.25, -0.2) is 0 Å². The highest BCUT2D eigenvalue weighted by Crippen LogP contribution is 2.16. The van der Waals surface area contributed by atoms with Crippen molar-refractivity contribution in [2.75, 3.05) is 6.61 Å². The molecule has 104 valence electrons. The average molecular weight is 329 g/mol. The van der Waals surface area contributed by atoms with Crippen molar-refractivity contribution in [1.82, 2.24) is 0 Å². The monoisotopic (exact) mass is 328 g/mol. The van der Waals surface area contributed by atoms with Crippen LogP contribution in [0.15, 0.2) is 28.7 Å². The Morgan fingerprint density at radius 3 is 2.37 bits per heavy atom. The lowest BCUT2D eigenvalue weighted by atomic mass is 10.2. The molecule has 0 N–H and O–H groups in total. The number of ether oxygens (including phenoxy) is 2. The molecule has 0 aromatic heterocycles. The van der Waals surface area contributed by atoms with E-state index in [9.17, 15) is 9.59 Å². The first-order chi connectivity index (χ1) is 9.11. The Morgan fingerprint density at radius 1 is 1.11 bits per heavy atom. The third kappa shape index (κ3) is 6.96. The van der Waals surface area contributed by atoms with Crippen LogP contribution in [0.3, 0.4) is 0 Å². The number of esters is 2. The second-order valence-electron chi connectivity index (χ2n) is 4.00. The Hall–Kier alpha value is -1.36. The van der Waals surface area contributed by atoms with Gasteiger partial charge in [0.05, 0.1) is 6.61 Å². The molecule has 0 unspecified atom stereocenters. The number of halogens is 1. The highest BCUT2D eigenvalue weighted by Gasteiger charge is 2.08. The zero-order chi connectivity index (χ0) is 14.1. The van der Waals surface area contributed by atoms with Crippen LogP contribution >= 0.6 is 15.9 Å². The van der Waals surface area contributed by atoms with Crippen molar-refractivity contribution >= 4 is 27.9 Å². The van der Waals surface area contributed by atoms with Crippen molar-refractivity contribution in [3.8, 4) is 5.75 Å². The fourth-order valence-corrected chi connectivity index (χ4v) is 1.61. The molecular weight excluding hydrogens is 312 g/mol. The molecule has 0 atom stereocenters. The summed E-state index contributed by atoms with van der Waals surface area (Å²) in [6.07, 6.45) is 1.70. The molecule has 0 radical (unpaired) electrons. The molecule has 0 aliphatic carbocycles. The first-order valence-corrected chi connectivity index (χ1v) is 7.03. The predicted octanol–water partition coefficient (Wildman–Crippen LogP) is 3.48. The number of carbonyl (C=O) groups is 2. The van der Waals surface area contributed by atoms with Crippen molar-refractivity contribution in [2.24, 2.45) is 0 Å². The van der Waals surface area contributed by atoms with E-state index in [-0.39, 0.29) is 24.8 Å². The third-order valence-corrected chi connectivity index (χ3v) is 2.80. The van der Waals surface area contributed by atoms with E-state index >= 15 is 0 Å². The van der Waals surface area contributed by atoms with Crippen LogP contribution in [0, 0.1) is 0 Å². The Balaban J connectivity index is 2.21. The molecule has 0 fully saturated rings. The summed E-state index contributed by atoms with van der Waals surface area (Å²) >= 11 is 3.30. The minimum atomic E-state index is -0.342. The van der Waals surface area contributed by atoms with Gasteiger partial charge in [0.25, 0.3) is 0 Å². The fourth-order valence-electron chi connectivity index (χ4n) is 1.35. The maximum absolute atomic E-state index is 11.5. The van der Waals surface area contributed by atoms with Crippen molar-refractivity contribution in [1.29, 1.82) is 0 Å². The van der Waals surface area contributed by atoms with Crippen molar-refractivity contribution in [2.45, 2.75) is 32.6 Å². The highest BCUT2D eigenvalue weighted by molar-refractivity contribution is 9.10. The summed E-state index contributed by atoms with van der Waals surface area (Å²) in [4.78, 5) is 22.7. The van der Waals surface area contributed by atoms with E-state index in [1.807, 2.05) is 6.92 Å². The zero-order valence-corrected chi connectivity index (χ0v) is 12.4. The molecular formula is C14H17BrO4. The zero-order valence-electron chi connectivity index (χ0n) is 10.9. The number of hydrogen-bond donors (Lipinski definition) is 0. The molecule has 0 bridgehead atoms. The Bertz CT molecular complexity index is 414. The van der Waals surface area contributed by atoms with E-state index in [1.54, 1.807) is 24.3 Å². The summed E-state index contributed by atoms with van der Waals surface area (Å²) in [7, 11) is 0. The van der Waals surface area contributed by atoms with Crippen molar-refractivity contribution in [3.63, 3.8) is 0 Å². The van der Waals surface area contributed by atoms with Crippen molar-refractivity contribution in [3.05, 3.63) is 28.7 Å². The largest absolute Gasteiger partial charge is 0.466 e. The number of hydrogen-bond acceptors (Lipinski definition) is 4. The summed E-state index contributed by atoms with van der Waals surface area (Å²) in [6, 6.07) is 7.00. The molecule has 5 heteroatoms. The summed E-state index contributed by atoms with van der Waals surface area (Å²) in [5, 5.41) is 0. The van der Waals surface area contributed by atoms with Gasteiger partial charge in [0.2, 0.25) is 0 Å². The van der Waals surface area contributed by atoms with Gasteiger partial charge in [-0.2, -0.15) is 0 Å². The predicted molar refractivity (Wildman–Crippen MR) is 74.9 cm³/mol. The molecule has 0 aliphatic heterocycles. The van der Waals surface area contributed by atoms with Crippen LogP contribution in [0.1, 0.15) is 32.6 Å². The van der Waals surface area contributed by atoms with E-state index in [4.69, 9.17) is 9.47 Å². The maximum atomic E-state index is 11.5. The molecule has 1 aromatic rings. The van der Waals surface area contributed by atoms with E-state index in [1.165, 1.54) is 0 Å². The molecule has 19 heavy (non-hydrogen) atoms. The average Bonchev–Trinajstić information content (AvgIpc) is 2.39. The van der Waals surface area contributed by atoms with Gasteiger partial charge < -0.3 is 9.47 Å². The molecule has 0 spiro atoms. The van der Waals surface area contributed by atoms with Crippen LogP contribution in [0.2, 0.25) is 0 Å². The normalized spacial score (nSPS) is 10.0. The molecule has 0 saturated heterocycles. The first kappa shape index (κ1) is 15.7. The smallest absolute Gasteiger partial charge is 0.311 e. The lowest BCUT2D eigenvalue weighted by molar-refractivity contribution is -0.144. The van der Waals surface area contributed by atoms with Gasteiger partial charge in [-0.15, -0.1) is 0 Å². The number of benzene rings is 1. The molecule has 1 aromatic carbocycles. The van der Waals surface area contributed by atoms with Crippen LogP contribution in [0.4, 0.5) is 0 Å². The van der Waals surface area contributed by atoms with Gasteiger partial charge in [-0.3, -0.25) is 9.59 Å². The SMILES string of the molecule is CCCOC(=O)CCCC(=O)Oc1ccc(Br)cc1. The fraction of sp³-hybridized carbons (Fsp3) is 0.429. The second kappa shape index (κ2) is 8.69. The van der Waals surface area contributed by atoms with E-state index in [0.717, 1.165) is 10.9 Å². The molecule has 0 saturated carbocycles. The Morgan fingerprint density at radius 2 is 1.74 bits per heavy atom. The van der Waals surface area contributed by atoms with Crippen LogP contribution in [0.5, 0.6) is 5.75 Å². The quantitative estimate of drug-likeness (QED) is 0.568. The maximum Gasteiger partial charge on any atom is 0.311 e. The van der Waals surface area contributed by atoms with Crippen LogP contribution in [0.25, 0.3) is 0 Å². The van der Waals surface area contributed by atoms with E-state index in [2.05, 4.69) is 15.9 Å². The van der Waals surface area contributed by atoms with E-state index < -0.39 is 0 Å². The second-order valence-corrected chi connectivity index (χ2v) is 4.92. The van der Waals surface area contributed by atoms with Gasteiger partial charge in [0, 0.05) is 17.3 Å². The van der Waals surface area contributed by atoms with Crippen LogP contribution in [-0.2, 0) is 14.3 Å². The van der Waals surface area contributed by atoms with Gasteiger partial charge in [0.1, 0.15) is 5.75 Å². The number of carbonyl (C=O) groups excluding carboxylic acids is 2. The minimum absolute atomic E-state index is 0.206. The topological polar surface area (TPSA) is 52.6 Å². The molecule has 0 heterocycles. The molecule has 4 nitrogen and oxygen atoms in total. The molecule has 1 rings (SSSR count). The lowest BCUT2D eigenvalue weighted by Crippen LogP contribution is -2.10. The standard InChI is InChI=1S/C14H17BrO4/c1-2-10-18-13(16)4-3-5-14(17)19-12-8-6-11(15)7-9-12/h6-9H,2-5,10H2,1H3. The summed E-state index contributed by atoms with van der Waals surface area (Å²) in [6.45, 7) is 2.37. The minimum Gasteiger partial charge on any atom is -0.466 e. The number of rotatable bonds is 7. The molecule has 0 amide bonds. The lowest BCUT2D eigenvalue weighted by Gasteiger charge is -2.05. The summed E-state index contributed by atoms with van der Waals surface area (Å²) in [5.74, 6) is -0.106. The van der Waals surface area contributed by atoms with Crippen LogP contribution in [-0.4, -0.2) is 18.5 Å².